The fraction of sp³-hybridized carbons (Fsp3) is 0.250. The van der Waals surface area contributed by atoms with Gasteiger partial charge in [-0.25, -0.2) is 14.8 Å². The number of carbonyl (C=O) groups excluding carboxylic acids is 1. The number of hydrogen-bond donors (Lipinski definition) is 0. The van der Waals surface area contributed by atoms with Gasteiger partial charge in [-0.1, -0.05) is 12.1 Å². The van der Waals surface area contributed by atoms with Crippen LogP contribution in [0.2, 0.25) is 0 Å². The molecule has 140 valence electrons. The number of hydrogen-bond acceptors (Lipinski definition) is 7. The minimum absolute atomic E-state index is 0.114. The molecule has 0 aliphatic heterocycles. The van der Waals surface area contributed by atoms with Crippen molar-refractivity contribution in [3.05, 3.63) is 59.7 Å². The highest BCUT2D eigenvalue weighted by atomic mass is 16.5. The first-order valence-corrected chi connectivity index (χ1v) is 8.48. The molecule has 0 unspecified atom stereocenters. The van der Waals surface area contributed by atoms with E-state index in [0.717, 1.165) is 5.56 Å². The van der Waals surface area contributed by atoms with Gasteiger partial charge >= 0.3 is 5.97 Å². The van der Waals surface area contributed by atoms with E-state index in [2.05, 4.69) is 9.97 Å². The summed E-state index contributed by atoms with van der Waals surface area (Å²) in [5, 5.41) is 0. The minimum atomic E-state index is -0.561. The quantitative estimate of drug-likeness (QED) is 0.586. The number of aryl methyl sites for hydroxylation is 1. The van der Waals surface area contributed by atoms with Crippen molar-refractivity contribution in [3.8, 4) is 23.0 Å². The molecular formula is C20H20N2O5. The Bertz CT molecular complexity index is 936. The lowest BCUT2D eigenvalue weighted by Crippen LogP contribution is -2.08. The summed E-state index contributed by atoms with van der Waals surface area (Å²) < 4.78 is 21.9. The number of rotatable bonds is 7. The van der Waals surface area contributed by atoms with Gasteiger partial charge < -0.3 is 18.6 Å². The van der Waals surface area contributed by atoms with Gasteiger partial charge in [0.1, 0.15) is 23.8 Å². The van der Waals surface area contributed by atoms with E-state index >= 15 is 0 Å². The van der Waals surface area contributed by atoms with Gasteiger partial charge in [-0.3, -0.25) is 0 Å². The number of methoxy groups -OCH3 is 1. The highest BCUT2D eigenvalue weighted by molar-refractivity contribution is 5.90. The number of para-hydroxylation sites is 1. The van der Waals surface area contributed by atoms with Crippen molar-refractivity contribution in [1.29, 1.82) is 0 Å². The second-order valence-corrected chi connectivity index (χ2v) is 5.58. The highest BCUT2D eigenvalue weighted by Gasteiger charge is 2.18. The summed E-state index contributed by atoms with van der Waals surface area (Å²) in [6.07, 6.45) is 1.50. The highest BCUT2D eigenvalue weighted by Crippen LogP contribution is 2.31. The van der Waals surface area contributed by atoms with Crippen LogP contribution in [0.4, 0.5) is 0 Å². The van der Waals surface area contributed by atoms with E-state index in [-0.39, 0.29) is 12.3 Å². The van der Waals surface area contributed by atoms with Gasteiger partial charge in [0.15, 0.2) is 11.4 Å². The summed E-state index contributed by atoms with van der Waals surface area (Å²) >= 11 is 0. The van der Waals surface area contributed by atoms with Crippen LogP contribution in [0.25, 0.3) is 11.5 Å². The minimum Gasteiger partial charge on any atom is -0.493 e. The lowest BCUT2D eigenvalue weighted by Gasteiger charge is -2.08. The largest absolute Gasteiger partial charge is 0.493 e. The maximum absolute atomic E-state index is 11.8. The zero-order chi connectivity index (χ0) is 19.2. The van der Waals surface area contributed by atoms with Crippen molar-refractivity contribution in [1.82, 2.24) is 9.97 Å². The normalized spacial score (nSPS) is 10.5. The number of pyridine rings is 1. The Kier molecular flexibility index (Phi) is 5.71. The first kappa shape index (κ1) is 18.4. The molecule has 0 aliphatic carbocycles. The van der Waals surface area contributed by atoms with Crippen molar-refractivity contribution < 1.29 is 23.4 Å². The van der Waals surface area contributed by atoms with Crippen LogP contribution in [0.1, 0.15) is 28.9 Å². The van der Waals surface area contributed by atoms with Gasteiger partial charge in [-0.2, -0.15) is 0 Å². The number of nitrogens with zero attached hydrogens (tertiary/aromatic N) is 2. The number of esters is 1. The van der Waals surface area contributed by atoms with E-state index in [0.29, 0.717) is 35.5 Å². The molecule has 3 rings (SSSR count). The first-order chi connectivity index (χ1) is 13.1. The summed E-state index contributed by atoms with van der Waals surface area (Å²) in [5.74, 6) is 1.54. The predicted molar refractivity (Wildman–Crippen MR) is 97.8 cm³/mol. The Morgan fingerprint density at radius 2 is 1.89 bits per heavy atom. The zero-order valence-electron chi connectivity index (χ0n) is 15.4. The van der Waals surface area contributed by atoms with E-state index in [1.807, 2.05) is 38.1 Å². The van der Waals surface area contributed by atoms with Crippen LogP contribution in [0, 0.1) is 6.92 Å². The van der Waals surface area contributed by atoms with E-state index in [4.69, 9.17) is 18.6 Å². The Hall–Kier alpha value is -3.35. The molecule has 7 heteroatoms. The molecule has 0 fully saturated rings. The monoisotopic (exact) mass is 368 g/mol. The van der Waals surface area contributed by atoms with Gasteiger partial charge in [0.25, 0.3) is 0 Å². The molecule has 7 nitrogen and oxygen atoms in total. The predicted octanol–water partition coefficient (Wildman–Crippen LogP) is 3.81. The average Bonchev–Trinajstić information content (AvgIpc) is 3.07. The second-order valence-electron chi connectivity index (χ2n) is 5.58. The van der Waals surface area contributed by atoms with Crippen LogP contribution in [-0.2, 0) is 11.3 Å². The summed E-state index contributed by atoms with van der Waals surface area (Å²) in [5.41, 5.74) is 1.50. The van der Waals surface area contributed by atoms with Gasteiger partial charge in [0.2, 0.25) is 5.89 Å². The Morgan fingerprint density at radius 3 is 2.67 bits per heavy atom. The zero-order valence-corrected chi connectivity index (χ0v) is 15.4. The van der Waals surface area contributed by atoms with Crippen molar-refractivity contribution in [2.75, 3.05) is 13.7 Å². The number of carbonyl (C=O) groups is 1. The van der Waals surface area contributed by atoms with Crippen molar-refractivity contribution >= 4 is 5.97 Å². The third-order valence-corrected chi connectivity index (χ3v) is 3.82. The van der Waals surface area contributed by atoms with E-state index in [1.54, 1.807) is 12.1 Å². The molecule has 0 saturated carbocycles. The van der Waals surface area contributed by atoms with Crippen LogP contribution < -0.4 is 9.47 Å². The van der Waals surface area contributed by atoms with Crippen molar-refractivity contribution in [2.24, 2.45) is 0 Å². The molecule has 0 bridgehead atoms. The number of oxazole rings is 1. The first-order valence-electron chi connectivity index (χ1n) is 8.48. The molecule has 2 heterocycles. The van der Waals surface area contributed by atoms with Gasteiger partial charge in [-0.15, -0.1) is 0 Å². The van der Waals surface area contributed by atoms with Crippen LogP contribution in [-0.4, -0.2) is 29.7 Å². The van der Waals surface area contributed by atoms with Gasteiger partial charge in [0, 0.05) is 6.20 Å². The topological polar surface area (TPSA) is 83.7 Å². The maximum Gasteiger partial charge on any atom is 0.360 e. The third-order valence-electron chi connectivity index (χ3n) is 3.82. The number of ether oxygens (including phenoxy) is 3. The standard InChI is InChI=1S/C20H20N2O5/c1-4-25-16-9-6-5-8-14(16)19-22-15(13(2)27-19)12-26-17-10-7-11-21-18(17)20(23)24-3/h5-11H,4,12H2,1-3H3. The lowest BCUT2D eigenvalue weighted by molar-refractivity contribution is 0.0588. The summed E-state index contributed by atoms with van der Waals surface area (Å²) in [4.78, 5) is 20.3. The maximum atomic E-state index is 11.8. The molecule has 0 amide bonds. The summed E-state index contributed by atoms with van der Waals surface area (Å²) in [7, 11) is 1.30. The van der Waals surface area contributed by atoms with Crippen LogP contribution in [0.5, 0.6) is 11.5 Å². The smallest absolute Gasteiger partial charge is 0.360 e. The van der Waals surface area contributed by atoms with E-state index < -0.39 is 5.97 Å². The van der Waals surface area contributed by atoms with Crippen LogP contribution >= 0.6 is 0 Å². The molecule has 1 aromatic carbocycles. The average molecular weight is 368 g/mol. The van der Waals surface area contributed by atoms with Gasteiger partial charge in [0.05, 0.1) is 19.3 Å². The van der Waals surface area contributed by atoms with Crippen molar-refractivity contribution in [3.63, 3.8) is 0 Å². The fourth-order valence-electron chi connectivity index (χ4n) is 2.50. The number of benzene rings is 1. The summed E-state index contributed by atoms with van der Waals surface area (Å²) in [6, 6.07) is 10.9. The molecule has 3 aromatic rings. The lowest BCUT2D eigenvalue weighted by atomic mass is 10.2. The molecular weight excluding hydrogens is 348 g/mol. The Balaban J connectivity index is 1.82. The number of aromatic nitrogens is 2. The van der Waals surface area contributed by atoms with E-state index in [9.17, 15) is 4.79 Å². The molecule has 0 saturated heterocycles. The SMILES string of the molecule is CCOc1ccccc1-c1nc(COc2cccnc2C(=O)OC)c(C)o1. The Morgan fingerprint density at radius 1 is 1.11 bits per heavy atom. The molecule has 0 radical (unpaired) electrons. The molecule has 0 N–H and O–H groups in total. The summed E-state index contributed by atoms with van der Waals surface area (Å²) in [6.45, 7) is 4.40. The second kappa shape index (κ2) is 8.35. The molecule has 0 spiro atoms. The van der Waals surface area contributed by atoms with Crippen LogP contribution in [0.3, 0.4) is 0 Å². The molecule has 0 atom stereocenters. The van der Waals surface area contributed by atoms with E-state index in [1.165, 1.54) is 13.3 Å². The van der Waals surface area contributed by atoms with Crippen LogP contribution in [0.15, 0.2) is 47.0 Å². The molecule has 0 aliphatic rings. The Labute approximate surface area is 156 Å². The van der Waals surface area contributed by atoms with Gasteiger partial charge in [-0.05, 0) is 38.1 Å². The van der Waals surface area contributed by atoms with Crippen molar-refractivity contribution in [2.45, 2.75) is 20.5 Å². The molecule has 2 aromatic heterocycles. The third kappa shape index (κ3) is 4.08. The molecule has 27 heavy (non-hydrogen) atoms. The fourth-order valence-corrected chi connectivity index (χ4v) is 2.50.